The maximum atomic E-state index is 6.00. The summed E-state index contributed by atoms with van der Waals surface area (Å²) in [7, 11) is 0. The Morgan fingerprint density at radius 1 is 1.33 bits per heavy atom. The lowest BCUT2D eigenvalue weighted by Gasteiger charge is -2.09. The SMILES string of the molecule is CCNc1cc(Oc2ccccc2Cl)nc(N)n1. The molecule has 2 rings (SSSR count). The van der Waals surface area contributed by atoms with E-state index in [1.54, 1.807) is 18.2 Å². The van der Waals surface area contributed by atoms with E-state index >= 15 is 0 Å². The monoisotopic (exact) mass is 264 g/mol. The first-order chi connectivity index (χ1) is 8.69. The third kappa shape index (κ3) is 3.01. The van der Waals surface area contributed by atoms with E-state index in [1.807, 2.05) is 19.1 Å². The topological polar surface area (TPSA) is 73.1 Å². The number of halogens is 1. The highest BCUT2D eigenvalue weighted by Gasteiger charge is 2.06. The molecule has 0 fully saturated rings. The summed E-state index contributed by atoms with van der Waals surface area (Å²) in [5.41, 5.74) is 5.61. The minimum atomic E-state index is 0.149. The Morgan fingerprint density at radius 3 is 2.83 bits per heavy atom. The van der Waals surface area contributed by atoms with Crippen molar-refractivity contribution < 1.29 is 4.74 Å². The lowest BCUT2D eigenvalue weighted by atomic mass is 10.3. The number of rotatable bonds is 4. The Hall–Kier alpha value is -2.01. The molecule has 0 bridgehead atoms. The molecule has 0 spiro atoms. The molecular formula is C12H13ClN4O. The predicted octanol–water partition coefficient (Wildman–Crippen LogP) is 2.94. The van der Waals surface area contributed by atoms with Gasteiger partial charge >= 0.3 is 0 Å². The molecule has 1 aromatic heterocycles. The van der Waals surface area contributed by atoms with Crippen LogP contribution in [0.15, 0.2) is 30.3 Å². The highest BCUT2D eigenvalue weighted by molar-refractivity contribution is 6.32. The molecular weight excluding hydrogens is 252 g/mol. The van der Waals surface area contributed by atoms with Gasteiger partial charge in [0.2, 0.25) is 11.8 Å². The zero-order valence-corrected chi connectivity index (χ0v) is 10.6. The molecule has 1 aromatic carbocycles. The van der Waals surface area contributed by atoms with Gasteiger partial charge < -0.3 is 15.8 Å². The lowest BCUT2D eigenvalue weighted by Crippen LogP contribution is -2.04. The normalized spacial score (nSPS) is 10.1. The van der Waals surface area contributed by atoms with Crippen molar-refractivity contribution in [1.29, 1.82) is 0 Å². The molecule has 0 radical (unpaired) electrons. The molecule has 6 heteroatoms. The fourth-order valence-electron chi connectivity index (χ4n) is 1.41. The Labute approximate surface area is 110 Å². The largest absolute Gasteiger partial charge is 0.437 e. The third-order valence-corrected chi connectivity index (χ3v) is 2.44. The molecule has 2 aromatic rings. The standard InChI is InChI=1S/C12H13ClN4O/c1-2-15-10-7-11(17-12(14)16-10)18-9-6-4-3-5-8(9)13/h3-7H,2H2,1H3,(H3,14,15,16,17). The molecule has 18 heavy (non-hydrogen) atoms. The van der Waals surface area contributed by atoms with Crippen molar-refractivity contribution in [2.24, 2.45) is 0 Å². The van der Waals surface area contributed by atoms with E-state index < -0.39 is 0 Å². The van der Waals surface area contributed by atoms with E-state index in [0.29, 0.717) is 22.5 Å². The number of anilines is 2. The van der Waals surface area contributed by atoms with Crippen molar-refractivity contribution in [1.82, 2.24) is 9.97 Å². The van der Waals surface area contributed by atoms with Gasteiger partial charge in [-0.15, -0.1) is 0 Å². The first-order valence-corrected chi connectivity index (χ1v) is 5.87. The van der Waals surface area contributed by atoms with Gasteiger partial charge in [-0.1, -0.05) is 23.7 Å². The minimum Gasteiger partial charge on any atom is -0.437 e. The van der Waals surface area contributed by atoms with Crippen LogP contribution in [0, 0.1) is 0 Å². The van der Waals surface area contributed by atoms with Gasteiger partial charge in [-0.3, -0.25) is 0 Å². The Morgan fingerprint density at radius 2 is 2.11 bits per heavy atom. The zero-order valence-electron chi connectivity index (χ0n) is 9.85. The van der Waals surface area contributed by atoms with Gasteiger partial charge in [0, 0.05) is 12.6 Å². The second-order valence-electron chi connectivity index (χ2n) is 3.51. The van der Waals surface area contributed by atoms with E-state index in [4.69, 9.17) is 22.1 Å². The van der Waals surface area contributed by atoms with Crippen LogP contribution in [0.4, 0.5) is 11.8 Å². The first-order valence-electron chi connectivity index (χ1n) is 5.50. The van der Waals surface area contributed by atoms with Crippen LogP contribution in [0.2, 0.25) is 5.02 Å². The molecule has 5 nitrogen and oxygen atoms in total. The van der Waals surface area contributed by atoms with Crippen molar-refractivity contribution in [2.75, 3.05) is 17.6 Å². The van der Waals surface area contributed by atoms with E-state index in [9.17, 15) is 0 Å². The maximum absolute atomic E-state index is 6.00. The van der Waals surface area contributed by atoms with Crippen molar-refractivity contribution >= 4 is 23.4 Å². The summed E-state index contributed by atoms with van der Waals surface area (Å²) in [6.45, 7) is 2.70. The molecule has 94 valence electrons. The van der Waals surface area contributed by atoms with Crippen LogP contribution in [-0.4, -0.2) is 16.5 Å². The number of benzene rings is 1. The quantitative estimate of drug-likeness (QED) is 0.888. The summed E-state index contributed by atoms with van der Waals surface area (Å²) in [4.78, 5) is 8.03. The first kappa shape index (κ1) is 12.4. The van der Waals surface area contributed by atoms with Crippen molar-refractivity contribution in [3.8, 4) is 11.6 Å². The van der Waals surface area contributed by atoms with Gasteiger partial charge in [-0.05, 0) is 19.1 Å². The van der Waals surface area contributed by atoms with Gasteiger partial charge in [-0.2, -0.15) is 9.97 Å². The van der Waals surface area contributed by atoms with Crippen molar-refractivity contribution in [3.05, 3.63) is 35.4 Å². The van der Waals surface area contributed by atoms with Crippen LogP contribution in [-0.2, 0) is 0 Å². The number of hydrogen-bond acceptors (Lipinski definition) is 5. The fraction of sp³-hybridized carbons (Fsp3) is 0.167. The Kier molecular flexibility index (Phi) is 3.84. The van der Waals surface area contributed by atoms with Gasteiger partial charge in [0.15, 0.2) is 0 Å². The third-order valence-electron chi connectivity index (χ3n) is 2.13. The number of nitrogens with two attached hydrogens (primary N) is 1. The average molecular weight is 265 g/mol. The van der Waals surface area contributed by atoms with Crippen LogP contribution >= 0.6 is 11.6 Å². The fourth-order valence-corrected chi connectivity index (χ4v) is 1.58. The van der Waals surface area contributed by atoms with E-state index in [2.05, 4.69) is 15.3 Å². The zero-order chi connectivity index (χ0) is 13.0. The molecule has 0 atom stereocenters. The molecule has 0 saturated carbocycles. The van der Waals surface area contributed by atoms with E-state index in [-0.39, 0.29) is 5.95 Å². The number of hydrogen-bond donors (Lipinski definition) is 2. The highest BCUT2D eigenvalue weighted by Crippen LogP contribution is 2.28. The summed E-state index contributed by atoms with van der Waals surface area (Å²) in [5, 5.41) is 3.56. The minimum absolute atomic E-state index is 0.149. The number of nitrogens with zero attached hydrogens (tertiary/aromatic N) is 2. The molecule has 0 aliphatic heterocycles. The molecule has 0 unspecified atom stereocenters. The molecule has 3 N–H and O–H groups in total. The smallest absolute Gasteiger partial charge is 0.226 e. The van der Waals surface area contributed by atoms with E-state index in [0.717, 1.165) is 6.54 Å². The number of para-hydroxylation sites is 1. The molecule has 0 aliphatic carbocycles. The Bertz CT molecular complexity index is 547. The lowest BCUT2D eigenvalue weighted by molar-refractivity contribution is 0.463. The predicted molar refractivity (Wildman–Crippen MR) is 72.1 cm³/mol. The average Bonchev–Trinajstić information content (AvgIpc) is 2.32. The highest BCUT2D eigenvalue weighted by atomic mass is 35.5. The van der Waals surface area contributed by atoms with Crippen LogP contribution in [0.5, 0.6) is 11.6 Å². The summed E-state index contributed by atoms with van der Waals surface area (Å²) in [6, 6.07) is 8.83. The number of ether oxygens (including phenoxy) is 1. The van der Waals surface area contributed by atoms with Gasteiger partial charge in [0.05, 0.1) is 5.02 Å². The second-order valence-corrected chi connectivity index (χ2v) is 3.92. The molecule has 0 aliphatic rings. The molecule has 0 saturated heterocycles. The van der Waals surface area contributed by atoms with Crippen LogP contribution < -0.4 is 15.8 Å². The number of nitrogens with one attached hydrogen (secondary N) is 1. The summed E-state index contributed by atoms with van der Waals surface area (Å²) >= 11 is 6.00. The van der Waals surface area contributed by atoms with Crippen LogP contribution in [0.3, 0.4) is 0 Å². The molecule has 1 heterocycles. The number of nitrogen functional groups attached to an aromatic ring is 1. The maximum Gasteiger partial charge on any atom is 0.226 e. The summed E-state index contributed by atoms with van der Waals surface area (Å²) < 4.78 is 5.57. The van der Waals surface area contributed by atoms with E-state index in [1.165, 1.54) is 0 Å². The van der Waals surface area contributed by atoms with Gasteiger partial charge in [0.1, 0.15) is 11.6 Å². The Balaban J connectivity index is 2.26. The summed E-state index contributed by atoms with van der Waals surface area (Å²) in [5.74, 6) is 1.65. The van der Waals surface area contributed by atoms with Crippen molar-refractivity contribution in [3.63, 3.8) is 0 Å². The summed E-state index contributed by atoms with van der Waals surface area (Å²) in [6.07, 6.45) is 0. The van der Waals surface area contributed by atoms with Crippen LogP contribution in [0.1, 0.15) is 6.92 Å². The van der Waals surface area contributed by atoms with Crippen LogP contribution in [0.25, 0.3) is 0 Å². The second kappa shape index (κ2) is 5.55. The van der Waals surface area contributed by atoms with Crippen molar-refractivity contribution in [2.45, 2.75) is 6.92 Å². The van der Waals surface area contributed by atoms with Gasteiger partial charge in [0.25, 0.3) is 0 Å². The van der Waals surface area contributed by atoms with Gasteiger partial charge in [-0.25, -0.2) is 0 Å². The number of aromatic nitrogens is 2. The molecule has 0 amide bonds.